The fraction of sp³-hybridized carbons (Fsp3) is 0.600. The zero-order chi connectivity index (χ0) is 15.7. The van der Waals surface area contributed by atoms with Gasteiger partial charge in [0.15, 0.2) is 5.69 Å². The van der Waals surface area contributed by atoms with Crippen molar-refractivity contribution in [3.63, 3.8) is 0 Å². The molecule has 2 atom stereocenters. The van der Waals surface area contributed by atoms with Crippen LogP contribution in [-0.2, 0) is 4.74 Å². The number of carbonyl (C=O) groups is 1. The first-order chi connectivity index (χ1) is 9.80. The second-order valence-corrected chi connectivity index (χ2v) is 5.97. The van der Waals surface area contributed by atoms with Gasteiger partial charge in [0.2, 0.25) is 0 Å². The molecule has 0 amide bonds. The quantitative estimate of drug-likeness (QED) is 0.740. The van der Waals surface area contributed by atoms with Crippen LogP contribution in [0.25, 0.3) is 0 Å². The average molecular weight is 294 g/mol. The van der Waals surface area contributed by atoms with Gasteiger partial charge in [0.25, 0.3) is 0 Å². The lowest BCUT2D eigenvalue weighted by molar-refractivity contribution is -0.233. The highest BCUT2D eigenvalue weighted by atomic mass is 16.5. The van der Waals surface area contributed by atoms with Gasteiger partial charge in [-0.25, -0.2) is 9.78 Å². The van der Waals surface area contributed by atoms with E-state index < -0.39 is 11.6 Å². The highest BCUT2D eigenvalue weighted by Crippen LogP contribution is 2.51. The number of carboxylic acids is 1. The molecule has 6 heteroatoms. The number of anilines is 1. The zero-order valence-corrected chi connectivity index (χ0v) is 12.6. The van der Waals surface area contributed by atoms with Crippen LogP contribution >= 0.6 is 0 Å². The van der Waals surface area contributed by atoms with Gasteiger partial charge < -0.3 is 20.3 Å². The smallest absolute Gasteiger partial charge is 0.354 e. The van der Waals surface area contributed by atoms with Crippen molar-refractivity contribution in [1.29, 1.82) is 0 Å². The van der Waals surface area contributed by atoms with Crippen LogP contribution in [0.3, 0.4) is 0 Å². The van der Waals surface area contributed by atoms with Crippen LogP contribution in [0.1, 0.15) is 37.7 Å². The summed E-state index contributed by atoms with van der Waals surface area (Å²) in [5, 5.41) is 22.6. The third-order valence-corrected chi connectivity index (χ3v) is 4.43. The molecule has 1 aromatic heterocycles. The van der Waals surface area contributed by atoms with E-state index in [0.717, 1.165) is 0 Å². The van der Waals surface area contributed by atoms with E-state index in [0.29, 0.717) is 25.4 Å². The molecule has 2 rings (SSSR count). The van der Waals surface area contributed by atoms with Gasteiger partial charge in [0, 0.05) is 25.0 Å². The molecule has 0 saturated heterocycles. The molecule has 3 N–H and O–H groups in total. The number of rotatable bonds is 6. The summed E-state index contributed by atoms with van der Waals surface area (Å²) in [5.41, 5.74) is -1.28. The maximum atomic E-state index is 10.9. The van der Waals surface area contributed by atoms with Crippen molar-refractivity contribution in [2.75, 3.05) is 18.5 Å². The van der Waals surface area contributed by atoms with Gasteiger partial charge in [-0.05, 0) is 19.1 Å². The Balaban J connectivity index is 2.00. The number of hydrogen-bond donors (Lipinski definition) is 3. The van der Waals surface area contributed by atoms with Crippen molar-refractivity contribution < 1.29 is 19.7 Å². The maximum absolute atomic E-state index is 10.9. The van der Waals surface area contributed by atoms with Gasteiger partial charge in [0.1, 0.15) is 5.82 Å². The number of hydrogen-bond acceptors (Lipinski definition) is 5. The van der Waals surface area contributed by atoms with Crippen molar-refractivity contribution in [3.8, 4) is 0 Å². The summed E-state index contributed by atoms with van der Waals surface area (Å²) in [5.74, 6) is -0.628. The largest absolute Gasteiger partial charge is 0.477 e. The van der Waals surface area contributed by atoms with Gasteiger partial charge in [-0.2, -0.15) is 0 Å². The minimum Gasteiger partial charge on any atom is -0.477 e. The molecule has 1 aliphatic rings. The Labute approximate surface area is 124 Å². The minimum atomic E-state index is -1.07. The number of ether oxygens (including phenoxy) is 1. The normalized spacial score (nSPS) is 27.0. The maximum Gasteiger partial charge on any atom is 0.354 e. The summed E-state index contributed by atoms with van der Waals surface area (Å²) >= 11 is 0. The van der Waals surface area contributed by atoms with Crippen LogP contribution in [0, 0.1) is 5.41 Å². The van der Waals surface area contributed by atoms with E-state index in [1.165, 1.54) is 6.07 Å². The monoisotopic (exact) mass is 294 g/mol. The molecule has 1 saturated carbocycles. The lowest BCUT2D eigenvalue weighted by Crippen LogP contribution is -2.67. The van der Waals surface area contributed by atoms with Crippen molar-refractivity contribution in [2.24, 2.45) is 5.41 Å². The molecule has 0 radical (unpaired) electrons. The molecular weight excluding hydrogens is 272 g/mol. The van der Waals surface area contributed by atoms with Crippen molar-refractivity contribution in [3.05, 3.63) is 23.9 Å². The molecule has 6 nitrogen and oxygen atoms in total. The third-order valence-electron chi connectivity index (χ3n) is 4.43. The Morgan fingerprint density at radius 2 is 2.24 bits per heavy atom. The Morgan fingerprint density at radius 1 is 1.52 bits per heavy atom. The van der Waals surface area contributed by atoms with Crippen molar-refractivity contribution >= 4 is 11.8 Å². The molecule has 116 valence electrons. The molecule has 21 heavy (non-hydrogen) atoms. The molecule has 0 aromatic carbocycles. The van der Waals surface area contributed by atoms with Crippen LogP contribution in [0.15, 0.2) is 18.2 Å². The topological polar surface area (TPSA) is 91.7 Å². The lowest BCUT2D eigenvalue weighted by Gasteiger charge is -2.58. The number of aliphatic hydroxyl groups is 1. The third kappa shape index (κ3) is 2.87. The lowest BCUT2D eigenvalue weighted by atomic mass is 9.56. The standard InChI is InChI=1S/C15H22N2O4/c1-4-21-11-8-15(20,14(11,2)3)9-16-12-7-5-6-10(17-12)13(18)19/h5-7,11,20H,4,8-9H2,1-3H3,(H,16,17)(H,18,19). The molecule has 1 heterocycles. The predicted molar refractivity (Wildman–Crippen MR) is 78.4 cm³/mol. The molecule has 0 spiro atoms. The molecule has 0 aliphatic heterocycles. The number of nitrogens with one attached hydrogen (secondary N) is 1. The van der Waals surface area contributed by atoms with Crippen LogP contribution in [0.2, 0.25) is 0 Å². The number of carboxylic acid groups (broad SMARTS) is 1. The van der Waals surface area contributed by atoms with Crippen molar-refractivity contribution in [2.45, 2.75) is 38.9 Å². The molecule has 1 aromatic rings. The number of nitrogens with zero attached hydrogens (tertiary/aromatic N) is 1. The van der Waals surface area contributed by atoms with E-state index in [1.54, 1.807) is 12.1 Å². The fourth-order valence-electron chi connectivity index (χ4n) is 2.65. The Hall–Kier alpha value is -1.66. The van der Waals surface area contributed by atoms with Crippen LogP contribution in [0.4, 0.5) is 5.82 Å². The summed E-state index contributed by atoms with van der Waals surface area (Å²) in [7, 11) is 0. The number of aromatic carboxylic acids is 1. The van der Waals surface area contributed by atoms with Crippen LogP contribution < -0.4 is 5.32 Å². The van der Waals surface area contributed by atoms with Gasteiger partial charge in [-0.1, -0.05) is 19.9 Å². The molecular formula is C15H22N2O4. The van der Waals surface area contributed by atoms with Crippen molar-refractivity contribution in [1.82, 2.24) is 4.98 Å². The molecule has 1 fully saturated rings. The Kier molecular flexibility index (Phi) is 4.20. The first-order valence-corrected chi connectivity index (χ1v) is 7.08. The van der Waals surface area contributed by atoms with E-state index in [2.05, 4.69) is 10.3 Å². The van der Waals surface area contributed by atoms with E-state index in [4.69, 9.17) is 9.84 Å². The SMILES string of the molecule is CCOC1CC(O)(CNc2cccc(C(=O)O)n2)C1(C)C. The van der Waals surface area contributed by atoms with Gasteiger partial charge >= 0.3 is 5.97 Å². The Bertz CT molecular complexity index is 532. The molecule has 0 bridgehead atoms. The average Bonchev–Trinajstić information content (AvgIpc) is 2.45. The summed E-state index contributed by atoms with van der Waals surface area (Å²) in [6.07, 6.45) is 0.590. The van der Waals surface area contributed by atoms with Gasteiger partial charge in [-0.15, -0.1) is 0 Å². The Morgan fingerprint density at radius 3 is 2.81 bits per heavy atom. The summed E-state index contributed by atoms with van der Waals surface area (Å²) in [6, 6.07) is 4.74. The predicted octanol–water partition coefficient (Wildman–Crippen LogP) is 1.76. The molecule has 1 aliphatic carbocycles. The van der Waals surface area contributed by atoms with Crippen LogP contribution in [-0.4, -0.2) is 46.0 Å². The fourth-order valence-corrected chi connectivity index (χ4v) is 2.65. The summed E-state index contributed by atoms with van der Waals surface area (Å²) in [6.45, 7) is 6.81. The van der Waals surface area contributed by atoms with E-state index in [9.17, 15) is 9.90 Å². The molecule has 2 unspecified atom stereocenters. The second-order valence-electron chi connectivity index (χ2n) is 5.97. The first kappa shape index (κ1) is 15.7. The van der Waals surface area contributed by atoms with E-state index >= 15 is 0 Å². The summed E-state index contributed by atoms with van der Waals surface area (Å²) < 4.78 is 5.61. The zero-order valence-electron chi connectivity index (χ0n) is 12.6. The summed E-state index contributed by atoms with van der Waals surface area (Å²) in [4.78, 5) is 14.9. The highest BCUT2D eigenvalue weighted by molar-refractivity contribution is 5.85. The van der Waals surface area contributed by atoms with Gasteiger partial charge in [0.05, 0.1) is 11.7 Å². The first-order valence-electron chi connectivity index (χ1n) is 7.08. The van der Waals surface area contributed by atoms with E-state index in [1.807, 2.05) is 20.8 Å². The number of aromatic nitrogens is 1. The van der Waals surface area contributed by atoms with Gasteiger partial charge in [-0.3, -0.25) is 0 Å². The second kappa shape index (κ2) is 5.61. The number of pyridine rings is 1. The van der Waals surface area contributed by atoms with Crippen LogP contribution in [0.5, 0.6) is 0 Å². The minimum absolute atomic E-state index is 0.0212. The highest BCUT2D eigenvalue weighted by Gasteiger charge is 2.59. The van der Waals surface area contributed by atoms with E-state index in [-0.39, 0.29) is 17.2 Å².